The van der Waals surface area contributed by atoms with Gasteiger partial charge in [0.1, 0.15) is 0 Å². The van der Waals surface area contributed by atoms with Gasteiger partial charge < -0.3 is 4.52 Å². The maximum atomic E-state index is 11.2. The van der Waals surface area contributed by atoms with E-state index in [1.807, 2.05) is 13.8 Å². The molecule has 0 amide bonds. The minimum atomic E-state index is -3.02. The monoisotopic (exact) mass is 199 g/mol. The van der Waals surface area contributed by atoms with E-state index in [1.54, 1.807) is 6.92 Å². The summed E-state index contributed by atoms with van der Waals surface area (Å²) in [6.07, 6.45) is 0. The van der Waals surface area contributed by atoms with Crippen molar-refractivity contribution in [1.82, 2.24) is 5.09 Å². The van der Waals surface area contributed by atoms with Crippen LogP contribution < -0.4 is 5.09 Å². The first kappa shape index (κ1) is 11.4. The standard InChI is InChI=1S/C6H15ClNO2P/c1-4-10-11(7,9)8-5-6(2)3/h6H,4-5H2,1-3H3,(H,8,9). The molecule has 3 nitrogen and oxygen atoms in total. The molecule has 0 fully saturated rings. The molecule has 1 N–H and O–H groups in total. The first-order valence-electron chi connectivity index (χ1n) is 3.67. The van der Waals surface area contributed by atoms with Crippen LogP contribution in [0.4, 0.5) is 0 Å². The lowest BCUT2D eigenvalue weighted by atomic mass is 10.2. The summed E-state index contributed by atoms with van der Waals surface area (Å²) in [5.74, 6) is 0.419. The van der Waals surface area contributed by atoms with E-state index in [9.17, 15) is 4.57 Å². The smallest absolute Gasteiger partial charge is 0.307 e. The van der Waals surface area contributed by atoms with Gasteiger partial charge in [-0.3, -0.25) is 4.57 Å². The van der Waals surface area contributed by atoms with Crippen molar-refractivity contribution in [2.75, 3.05) is 13.2 Å². The van der Waals surface area contributed by atoms with Crippen LogP contribution in [0.2, 0.25) is 0 Å². The molecule has 1 unspecified atom stereocenters. The van der Waals surface area contributed by atoms with E-state index in [-0.39, 0.29) is 0 Å². The summed E-state index contributed by atoms with van der Waals surface area (Å²) in [5.41, 5.74) is 0. The highest BCUT2D eigenvalue weighted by atomic mass is 35.7. The lowest BCUT2D eigenvalue weighted by molar-refractivity contribution is 0.335. The van der Waals surface area contributed by atoms with Gasteiger partial charge in [-0.05, 0) is 24.1 Å². The fourth-order valence-corrected chi connectivity index (χ4v) is 2.01. The molecule has 0 rings (SSSR count). The van der Waals surface area contributed by atoms with Gasteiger partial charge in [-0.25, -0.2) is 5.09 Å². The van der Waals surface area contributed by atoms with Crippen molar-refractivity contribution in [3.8, 4) is 0 Å². The number of hydrogen-bond acceptors (Lipinski definition) is 2. The Bertz CT molecular complexity index is 152. The Morgan fingerprint density at radius 1 is 1.64 bits per heavy atom. The van der Waals surface area contributed by atoms with E-state index in [0.29, 0.717) is 19.1 Å². The molecule has 0 aliphatic heterocycles. The zero-order chi connectivity index (χ0) is 8.91. The molecule has 5 heteroatoms. The van der Waals surface area contributed by atoms with Gasteiger partial charge >= 0.3 is 6.87 Å². The molecule has 0 saturated heterocycles. The van der Waals surface area contributed by atoms with Gasteiger partial charge in [0.15, 0.2) is 0 Å². The minimum Gasteiger partial charge on any atom is -0.307 e. The fraction of sp³-hybridized carbons (Fsp3) is 1.00. The lowest BCUT2D eigenvalue weighted by Crippen LogP contribution is -2.15. The van der Waals surface area contributed by atoms with E-state index < -0.39 is 6.87 Å². The Hall–Kier alpha value is 0.440. The zero-order valence-corrected chi connectivity index (χ0v) is 8.78. The third-order valence-electron chi connectivity index (χ3n) is 0.984. The maximum Gasteiger partial charge on any atom is 0.360 e. The average molecular weight is 200 g/mol. The van der Waals surface area contributed by atoms with Crippen LogP contribution in [0.25, 0.3) is 0 Å². The van der Waals surface area contributed by atoms with Crippen molar-refractivity contribution >= 4 is 18.1 Å². The molecule has 0 aromatic heterocycles. The van der Waals surface area contributed by atoms with Gasteiger partial charge in [-0.1, -0.05) is 13.8 Å². The summed E-state index contributed by atoms with van der Waals surface area (Å²) in [5, 5.41) is 2.66. The van der Waals surface area contributed by atoms with Crippen LogP contribution in [0, 0.1) is 5.92 Å². The van der Waals surface area contributed by atoms with E-state index in [2.05, 4.69) is 5.09 Å². The van der Waals surface area contributed by atoms with E-state index in [1.165, 1.54) is 0 Å². The molecule has 1 atom stereocenters. The topological polar surface area (TPSA) is 38.3 Å². The minimum absolute atomic E-state index is 0.367. The first-order chi connectivity index (χ1) is 4.98. The fourth-order valence-electron chi connectivity index (χ4n) is 0.503. The average Bonchev–Trinajstić information content (AvgIpc) is 1.84. The quantitative estimate of drug-likeness (QED) is 0.692. The van der Waals surface area contributed by atoms with Crippen molar-refractivity contribution < 1.29 is 9.09 Å². The van der Waals surface area contributed by atoms with E-state index in [4.69, 9.17) is 15.8 Å². The SMILES string of the molecule is CCOP(=O)(Cl)NCC(C)C. The van der Waals surface area contributed by atoms with Crippen LogP contribution in [-0.2, 0) is 9.09 Å². The van der Waals surface area contributed by atoms with Crippen molar-refractivity contribution in [3.05, 3.63) is 0 Å². The number of nitrogens with one attached hydrogen (secondary N) is 1. The molecule has 11 heavy (non-hydrogen) atoms. The van der Waals surface area contributed by atoms with Crippen molar-refractivity contribution in [1.29, 1.82) is 0 Å². The van der Waals surface area contributed by atoms with Gasteiger partial charge in [0.05, 0.1) is 6.61 Å². The van der Waals surface area contributed by atoms with E-state index in [0.717, 1.165) is 0 Å². The second-order valence-electron chi connectivity index (χ2n) is 2.65. The maximum absolute atomic E-state index is 11.2. The van der Waals surface area contributed by atoms with Crippen molar-refractivity contribution in [2.45, 2.75) is 20.8 Å². The summed E-state index contributed by atoms with van der Waals surface area (Å²) in [6, 6.07) is 0. The number of halogens is 1. The van der Waals surface area contributed by atoms with Gasteiger partial charge in [0.2, 0.25) is 0 Å². The molecule has 0 saturated carbocycles. The van der Waals surface area contributed by atoms with Crippen LogP contribution in [0.15, 0.2) is 0 Å². The summed E-state index contributed by atoms with van der Waals surface area (Å²) in [4.78, 5) is 0. The molecular weight excluding hydrogens is 184 g/mol. The molecule has 0 aromatic carbocycles. The van der Waals surface area contributed by atoms with Gasteiger partial charge in [-0.15, -0.1) is 0 Å². The molecule has 0 aliphatic rings. The van der Waals surface area contributed by atoms with Crippen LogP contribution >= 0.6 is 18.1 Å². The molecule has 68 valence electrons. The second kappa shape index (κ2) is 5.15. The predicted molar refractivity (Wildman–Crippen MR) is 47.9 cm³/mol. The van der Waals surface area contributed by atoms with Crippen LogP contribution in [-0.4, -0.2) is 13.2 Å². The van der Waals surface area contributed by atoms with Gasteiger partial charge in [0.25, 0.3) is 0 Å². The summed E-state index contributed by atoms with van der Waals surface area (Å²) in [7, 11) is 0. The molecular formula is C6H15ClNO2P. The van der Waals surface area contributed by atoms with Crippen LogP contribution in [0.3, 0.4) is 0 Å². The number of hydrogen-bond donors (Lipinski definition) is 1. The van der Waals surface area contributed by atoms with Gasteiger partial charge in [-0.2, -0.15) is 0 Å². The Kier molecular flexibility index (Phi) is 5.36. The molecule has 0 heterocycles. The Labute approximate surface area is 72.8 Å². The third-order valence-corrected chi connectivity index (χ3v) is 2.79. The molecule has 0 radical (unpaired) electrons. The highest BCUT2D eigenvalue weighted by Crippen LogP contribution is 2.47. The molecule has 0 spiro atoms. The predicted octanol–water partition coefficient (Wildman–Crippen LogP) is 2.62. The molecule has 0 aliphatic carbocycles. The third kappa shape index (κ3) is 6.82. The number of rotatable bonds is 5. The Balaban J connectivity index is 3.64. The summed E-state index contributed by atoms with van der Waals surface area (Å²) < 4.78 is 15.9. The Morgan fingerprint density at radius 2 is 2.18 bits per heavy atom. The molecule has 0 aromatic rings. The lowest BCUT2D eigenvalue weighted by Gasteiger charge is -2.12. The highest BCUT2D eigenvalue weighted by molar-refractivity contribution is 7.83. The summed E-state index contributed by atoms with van der Waals surface area (Å²) in [6.45, 7) is 3.73. The first-order valence-corrected chi connectivity index (χ1v) is 6.20. The molecule has 0 bridgehead atoms. The zero-order valence-electron chi connectivity index (χ0n) is 7.13. The van der Waals surface area contributed by atoms with Crippen LogP contribution in [0.1, 0.15) is 20.8 Å². The Morgan fingerprint density at radius 3 is 2.55 bits per heavy atom. The highest BCUT2D eigenvalue weighted by Gasteiger charge is 2.17. The van der Waals surface area contributed by atoms with Crippen LogP contribution in [0.5, 0.6) is 0 Å². The summed E-state index contributed by atoms with van der Waals surface area (Å²) >= 11 is 5.50. The van der Waals surface area contributed by atoms with Crippen molar-refractivity contribution in [3.63, 3.8) is 0 Å². The largest absolute Gasteiger partial charge is 0.360 e. The van der Waals surface area contributed by atoms with Crippen molar-refractivity contribution in [2.24, 2.45) is 5.92 Å². The van der Waals surface area contributed by atoms with E-state index >= 15 is 0 Å². The van der Waals surface area contributed by atoms with Gasteiger partial charge in [0, 0.05) is 6.54 Å². The second-order valence-corrected chi connectivity index (χ2v) is 5.52. The normalized spacial score (nSPS) is 16.8.